The summed E-state index contributed by atoms with van der Waals surface area (Å²) in [7, 11) is 0. The van der Waals surface area contributed by atoms with Gasteiger partial charge in [0, 0.05) is 18.2 Å². The average molecular weight is 384 g/mol. The molecule has 1 aromatic carbocycles. The second-order valence-corrected chi connectivity index (χ2v) is 7.12. The van der Waals surface area contributed by atoms with Crippen LogP contribution in [-0.2, 0) is 17.5 Å². The van der Waals surface area contributed by atoms with Gasteiger partial charge in [0.15, 0.2) is 5.16 Å². The molecule has 5 nitrogen and oxygen atoms in total. The molecule has 9 heteroatoms. The Bertz CT molecular complexity index is 787. The van der Waals surface area contributed by atoms with Gasteiger partial charge in [-0.1, -0.05) is 24.8 Å². The van der Waals surface area contributed by atoms with E-state index in [2.05, 4.69) is 22.4 Å². The number of halogens is 3. The van der Waals surface area contributed by atoms with E-state index in [9.17, 15) is 18.0 Å². The third kappa shape index (κ3) is 4.57. The summed E-state index contributed by atoms with van der Waals surface area (Å²) in [5, 5.41) is 11.6. The zero-order valence-electron chi connectivity index (χ0n) is 14.2. The van der Waals surface area contributed by atoms with Crippen molar-refractivity contribution in [2.24, 2.45) is 0 Å². The number of alkyl halides is 3. The molecule has 140 valence electrons. The minimum atomic E-state index is -4.44. The Hall–Kier alpha value is -2.03. The topological polar surface area (TPSA) is 59.8 Å². The van der Waals surface area contributed by atoms with Crippen LogP contribution in [0, 0.1) is 0 Å². The molecule has 0 bridgehead atoms. The third-order valence-corrected chi connectivity index (χ3v) is 4.91. The Balaban J connectivity index is 1.61. The van der Waals surface area contributed by atoms with Gasteiger partial charge in [-0.15, -0.1) is 10.2 Å². The zero-order chi connectivity index (χ0) is 18.7. The Labute approximate surface area is 153 Å². The number of nitrogens with zero attached hydrogens (tertiary/aromatic N) is 3. The van der Waals surface area contributed by atoms with Gasteiger partial charge in [0.05, 0.1) is 11.3 Å². The molecule has 2 aromatic rings. The van der Waals surface area contributed by atoms with Crippen LogP contribution in [-0.4, -0.2) is 26.4 Å². The smallest absolute Gasteiger partial charge is 0.325 e. The molecule has 0 radical (unpaired) electrons. The Morgan fingerprint density at radius 1 is 1.35 bits per heavy atom. The molecule has 1 aromatic heterocycles. The number of aromatic nitrogens is 3. The zero-order valence-corrected chi connectivity index (χ0v) is 15.0. The maximum atomic E-state index is 12.7. The van der Waals surface area contributed by atoms with Crippen LogP contribution in [0.1, 0.15) is 43.5 Å². The molecular formula is C17H19F3N4OS. The molecule has 1 N–H and O–H groups in total. The molecule has 1 amide bonds. The lowest BCUT2D eigenvalue weighted by atomic mass is 10.2. The van der Waals surface area contributed by atoms with Crippen molar-refractivity contribution in [2.45, 2.75) is 50.0 Å². The fraction of sp³-hybridized carbons (Fsp3) is 0.471. The standard InChI is InChI=1S/C17H19F3N4OS/c1-2-8-24-15(11-6-7-11)22-23-16(24)26-10-14(25)21-13-5-3-4-12(9-13)17(18,19)20/h3-5,9,11H,2,6-8,10H2,1H3,(H,21,25). The molecule has 1 fully saturated rings. The summed E-state index contributed by atoms with van der Waals surface area (Å²) in [4.78, 5) is 12.1. The van der Waals surface area contributed by atoms with Gasteiger partial charge in [-0.25, -0.2) is 0 Å². The number of hydrogen-bond acceptors (Lipinski definition) is 4. The van der Waals surface area contributed by atoms with Crippen LogP contribution in [0.25, 0.3) is 0 Å². The van der Waals surface area contributed by atoms with Gasteiger partial charge in [-0.2, -0.15) is 13.2 Å². The molecule has 1 aliphatic carbocycles. The summed E-state index contributed by atoms with van der Waals surface area (Å²) in [6.45, 7) is 2.85. The highest BCUT2D eigenvalue weighted by molar-refractivity contribution is 7.99. The number of amides is 1. The van der Waals surface area contributed by atoms with E-state index in [1.54, 1.807) is 0 Å². The monoisotopic (exact) mass is 384 g/mol. The number of carbonyl (C=O) groups is 1. The highest BCUT2D eigenvalue weighted by atomic mass is 32.2. The van der Waals surface area contributed by atoms with Gasteiger partial charge in [0.2, 0.25) is 5.91 Å². The first-order chi connectivity index (χ1) is 12.4. The van der Waals surface area contributed by atoms with E-state index in [0.717, 1.165) is 43.8 Å². The summed E-state index contributed by atoms with van der Waals surface area (Å²) in [6, 6.07) is 4.60. The van der Waals surface area contributed by atoms with Gasteiger partial charge in [0.1, 0.15) is 5.82 Å². The van der Waals surface area contributed by atoms with Crippen LogP contribution >= 0.6 is 11.8 Å². The average Bonchev–Trinajstić information content (AvgIpc) is 3.35. The minimum absolute atomic E-state index is 0.0583. The van der Waals surface area contributed by atoms with Gasteiger partial charge in [-0.05, 0) is 37.5 Å². The van der Waals surface area contributed by atoms with Crippen molar-refractivity contribution in [1.29, 1.82) is 0 Å². The second-order valence-electron chi connectivity index (χ2n) is 6.18. The van der Waals surface area contributed by atoms with Gasteiger partial charge < -0.3 is 9.88 Å². The molecule has 0 saturated heterocycles. The van der Waals surface area contributed by atoms with Crippen LogP contribution < -0.4 is 5.32 Å². The van der Waals surface area contributed by atoms with E-state index < -0.39 is 11.7 Å². The summed E-state index contributed by atoms with van der Waals surface area (Å²) in [5.41, 5.74) is -0.668. The predicted molar refractivity (Wildman–Crippen MR) is 93.1 cm³/mol. The number of carbonyl (C=O) groups excluding carboxylic acids is 1. The molecule has 0 atom stereocenters. The number of rotatable bonds is 7. The van der Waals surface area contributed by atoms with Crippen molar-refractivity contribution in [3.8, 4) is 0 Å². The van der Waals surface area contributed by atoms with Crippen molar-refractivity contribution in [3.05, 3.63) is 35.7 Å². The lowest BCUT2D eigenvalue weighted by molar-refractivity contribution is -0.137. The van der Waals surface area contributed by atoms with E-state index in [4.69, 9.17) is 0 Å². The Morgan fingerprint density at radius 3 is 2.77 bits per heavy atom. The van der Waals surface area contributed by atoms with Crippen LogP contribution in [0.5, 0.6) is 0 Å². The second kappa shape index (κ2) is 7.69. The molecule has 1 aliphatic rings. The Kier molecular flexibility index (Phi) is 5.55. The normalized spacial score (nSPS) is 14.5. The van der Waals surface area contributed by atoms with Crippen LogP contribution in [0.2, 0.25) is 0 Å². The van der Waals surface area contributed by atoms with Gasteiger partial charge in [-0.3, -0.25) is 4.79 Å². The van der Waals surface area contributed by atoms with Crippen LogP contribution in [0.4, 0.5) is 18.9 Å². The minimum Gasteiger partial charge on any atom is -0.325 e. The highest BCUT2D eigenvalue weighted by Crippen LogP contribution is 2.40. The maximum Gasteiger partial charge on any atom is 0.416 e. The van der Waals surface area contributed by atoms with Crippen molar-refractivity contribution in [3.63, 3.8) is 0 Å². The van der Waals surface area contributed by atoms with E-state index in [1.165, 1.54) is 23.9 Å². The van der Waals surface area contributed by atoms with E-state index in [1.807, 2.05) is 4.57 Å². The van der Waals surface area contributed by atoms with Gasteiger partial charge in [0.25, 0.3) is 0 Å². The first-order valence-corrected chi connectivity index (χ1v) is 9.40. The number of benzene rings is 1. The quantitative estimate of drug-likeness (QED) is 0.723. The molecule has 3 rings (SSSR count). The summed E-state index contributed by atoms with van der Waals surface area (Å²) >= 11 is 1.25. The molecular weight excluding hydrogens is 365 g/mol. The molecule has 26 heavy (non-hydrogen) atoms. The fourth-order valence-electron chi connectivity index (χ4n) is 2.58. The maximum absolute atomic E-state index is 12.7. The molecule has 0 unspecified atom stereocenters. The predicted octanol–water partition coefficient (Wildman–Crippen LogP) is 4.32. The van der Waals surface area contributed by atoms with Gasteiger partial charge >= 0.3 is 6.18 Å². The summed E-state index contributed by atoms with van der Waals surface area (Å²) in [5.74, 6) is 1.10. The number of hydrogen-bond donors (Lipinski definition) is 1. The number of anilines is 1. The highest BCUT2D eigenvalue weighted by Gasteiger charge is 2.31. The van der Waals surface area contributed by atoms with Crippen LogP contribution in [0.3, 0.4) is 0 Å². The SMILES string of the molecule is CCCn1c(SCC(=O)Nc2cccc(C(F)(F)F)c2)nnc1C1CC1. The van der Waals surface area contributed by atoms with E-state index in [-0.39, 0.29) is 17.3 Å². The van der Waals surface area contributed by atoms with E-state index in [0.29, 0.717) is 11.1 Å². The van der Waals surface area contributed by atoms with Crippen molar-refractivity contribution < 1.29 is 18.0 Å². The Morgan fingerprint density at radius 2 is 2.12 bits per heavy atom. The summed E-state index contributed by atoms with van der Waals surface area (Å²) < 4.78 is 40.2. The number of thioether (sulfide) groups is 1. The van der Waals surface area contributed by atoms with E-state index >= 15 is 0 Å². The third-order valence-electron chi connectivity index (χ3n) is 3.94. The molecule has 0 spiro atoms. The molecule has 1 heterocycles. The van der Waals surface area contributed by atoms with Crippen molar-refractivity contribution >= 4 is 23.4 Å². The van der Waals surface area contributed by atoms with Crippen LogP contribution in [0.15, 0.2) is 29.4 Å². The van der Waals surface area contributed by atoms with Crippen molar-refractivity contribution in [1.82, 2.24) is 14.8 Å². The lowest BCUT2D eigenvalue weighted by Crippen LogP contribution is -2.15. The largest absolute Gasteiger partial charge is 0.416 e. The fourth-order valence-corrected chi connectivity index (χ4v) is 3.36. The first-order valence-electron chi connectivity index (χ1n) is 8.41. The van der Waals surface area contributed by atoms with Crippen molar-refractivity contribution in [2.75, 3.05) is 11.1 Å². The summed E-state index contributed by atoms with van der Waals surface area (Å²) in [6.07, 6.45) is -1.28. The number of nitrogens with one attached hydrogen (secondary N) is 1. The molecule has 0 aliphatic heterocycles. The lowest BCUT2D eigenvalue weighted by Gasteiger charge is -2.10. The first kappa shape index (κ1) is 18.8. The molecule has 1 saturated carbocycles.